The molecule has 0 atom stereocenters. The van der Waals surface area contributed by atoms with Crippen LogP contribution >= 0.6 is 0 Å². The van der Waals surface area contributed by atoms with E-state index >= 15 is 0 Å². The summed E-state index contributed by atoms with van der Waals surface area (Å²) >= 11 is 0. The zero-order valence-corrected chi connectivity index (χ0v) is 12.2. The number of hydrogen-bond acceptors (Lipinski definition) is 2. The number of aliphatic hydroxyl groups excluding tert-OH is 1. The number of hydrogen-bond donors (Lipinski definition) is 2. The predicted molar refractivity (Wildman–Crippen MR) is 74.1 cm³/mol. The van der Waals surface area contributed by atoms with Crippen molar-refractivity contribution in [1.82, 2.24) is 5.32 Å². The van der Waals surface area contributed by atoms with Gasteiger partial charge in [-0.05, 0) is 50.0 Å². The van der Waals surface area contributed by atoms with Gasteiger partial charge in [0.15, 0.2) is 0 Å². The average molecular weight is 241 g/mol. The van der Waals surface area contributed by atoms with Crippen molar-refractivity contribution in [3.05, 3.63) is 0 Å². The molecule has 0 aromatic carbocycles. The first-order valence-electron chi connectivity index (χ1n) is 7.35. The largest absolute Gasteiger partial charge is 0.394 e. The van der Waals surface area contributed by atoms with Crippen molar-refractivity contribution < 1.29 is 5.11 Å². The van der Waals surface area contributed by atoms with Gasteiger partial charge in [-0.3, -0.25) is 0 Å². The summed E-state index contributed by atoms with van der Waals surface area (Å²) in [6.07, 6.45) is 7.20. The van der Waals surface area contributed by atoms with E-state index in [0.29, 0.717) is 12.0 Å². The maximum absolute atomic E-state index is 9.65. The van der Waals surface area contributed by atoms with E-state index in [9.17, 15) is 5.11 Å². The van der Waals surface area contributed by atoms with Crippen LogP contribution in [0.5, 0.6) is 0 Å². The van der Waals surface area contributed by atoms with Crippen LogP contribution in [0, 0.1) is 11.3 Å². The number of nitrogens with one attached hydrogen (secondary N) is 1. The monoisotopic (exact) mass is 241 g/mol. The van der Waals surface area contributed by atoms with E-state index in [1.165, 1.54) is 19.3 Å². The minimum Gasteiger partial charge on any atom is -0.394 e. The van der Waals surface area contributed by atoms with Crippen LogP contribution in [0.15, 0.2) is 0 Å². The highest BCUT2D eigenvalue weighted by Crippen LogP contribution is 2.43. The Morgan fingerprint density at radius 1 is 1.24 bits per heavy atom. The van der Waals surface area contributed by atoms with Crippen molar-refractivity contribution in [2.24, 2.45) is 11.3 Å². The Kier molecular flexibility index (Phi) is 5.46. The molecule has 0 amide bonds. The second-order valence-electron chi connectivity index (χ2n) is 6.48. The minimum absolute atomic E-state index is 0.0241. The number of aliphatic hydroxyl groups is 1. The van der Waals surface area contributed by atoms with Gasteiger partial charge in [-0.25, -0.2) is 0 Å². The molecule has 0 aromatic heterocycles. The lowest BCUT2D eigenvalue weighted by Crippen LogP contribution is -2.52. The first-order valence-corrected chi connectivity index (χ1v) is 7.35. The van der Waals surface area contributed by atoms with Gasteiger partial charge in [0.2, 0.25) is 0 Å². The third kappa shape index (κ3) is 3.69. The lowest BCUT2D eigenvalue weighted by Gasteiger charge is -2.44. The summed E-state index contributed by atoms with van der Waals surface area (Å²) in [5, 5.41) is 13.2. The molecule has 0 heterocycles. The van der Waals surface area contributed by atoms with Crippen molar-refractivity contribution in [1.29, 1.82) is 0 Å². The molecule has 0 saturated heterocycles. The molecule has 17 heavy (non-hydrogen) atoms. The summed E-state index contributed by atoms with van der Waals surface area (Å²) in [6, 6.07) is 0. The second kappa shape index (κ2) is 6.19. The quantitative estimate of drug-likeness (QED) is 0.747. The van der Waals surface area contributed by atoms with E-state index in [-0.39, 0.29) is 5.54 Å². The predicted octanol–water partition coefficient (Wildman–Crippen LogP) is 3.34. The lowest BCUT2D eigenvalue weighted by molar-refractivity contribution is 0.0613. The first-order chi connectivity index (χ1) is 7.99. The van der Waals surface area contributed by atoms with Crippen molar-refractivity contribution in [3.63, 3.8) is 0 Å². The molecule has 0 bridgehead atoms. The highest BCUT2D eigenvalue weighted by Gasteiger charge is 2.38. The summed E-state index contributed by atoms with van der Waals surface area (Å²) in [7, 11) is 0. The molecule has 0 aromatic rings. The summed E-state index contributed by atoms with van der Waals surface area (Å²) in [5.41, 5.74) is 0.489. The van der Waals surface area contributed by atoms with Crippen molar-refractivity contribution in [2.45, 2.75) is 71.8 Å². The fourth-order valence-corrected chi connectivity index (χ4v) is 3.02. The summed E-state index contributed by atoms with van der Waals surface area (Å²) in [4.78, 5) is 0. The normalized spacial score (nSPS) is 30.5. The topological polar surface area (TPSA) is 32.3 Å². The van der Waals surface area contributed by atoms with Crippen LogP contribution in [0.3, 0.4) is 0 Å². The zero-order chi connectivity index (χ0) is 12.9. The van der Waals surface area contributed by atoms with Gasteiger partial charge in [0.05, 0.1) is 6.61 Å². The average Bonchev–Trinajstić information content (AvgIpc) is 2.37. The molecule has 1 fully saturated rings. The van der Waals surface area contributed by atoms with Gasteiger partial charge in [0.25, 0.3) is 0 Å². The highest BCUT2D eigenvalue weighted by atomic mass is 16.3. The molecular formula is C15H31NO. The Morgan fingerprint density at radius 3 is 2.24 bits per heavy atom. The van der Waals surface area contributed by atoms with Crippen LogP contribution in [0.1, 0.15) is 66.2 Å². The van der Waals surface area contributed by atoms with Gasteiger partial charge in [-0.2, -0.15) is 0 Å². The maximum Gasteiger partial charge on any atom is 0.0613 e. The molecule has 2 nitrogen and oxygen atoms in total. The van der Waals surface area contributed by atoms with Crippen LogP contribution < -0.4 is 5.32 Å². The SMILES string of the molecule is CCCNC1(CO)CCC(C(C)(C)CC)CC1. The van der Waals surface area contributed by atoms with E-state index in [2.05, 4.69) is 33.0 Å². The van der Waals surface area contributed by atoms with Gasteiger partial charge in [-0.15, -0.1) is 0 Å². The van der Waals surface area contributed by atoms with Crippen LogP contribution in [0.25, 0.3) is 0 Å². The molecule has 2 N–H and O–H groups in total. The van der Waals surface area contributed by atoms with Crippen LogP contribution in [0.4, 0.5) is 0 Å². The summed E-state index contributed by atoms with van der Waals surface area (Å²) in [6.45, 7) is 10.6. The summed E-state index contributed by atoms with van der Waals surface area (Å²) < 4.78 is 0. The third-order valence-electron chi connectivity index (χ3n) is 5.01. The molecule has 2 heteroatoms. The lowest BCUT2D eigenvalue weighted by atomic mass is 9.65. The molecule has 0 aliphatic heterocycles. The van der Waals surface area contributed by atoms with E-state index in [1.54, 1.807) is 0 Å². The summed E-state index contributed by atoms with van der Waals surface area (Å²) in [5.74, 6) is 0.829. The third-order valence-corrected chi connectivity index (χ3v) is 5.01. The Bertz CT molecular complexity index is 217. The van der Waals surface area contributed by atoms with Gasteiger partial charge in [-0.1, -0.05) is 34.1 Å². The molecule has 0 unspecified atom stereocenters. The Morgan fingerprint density at radius 2 is 1.82 bits per heavy atom. The first kappa shape index (κ1) is 15.0. The molecular weight excluding hydrogens is 210 g/mol. The van der Waals surface area contributed by atoms with Crippen LogP contribution in [-0.2, 0) is 0 Å². The smallest absolute Gasteiger partial charge is 0.0613 e. The van der Waals surface area contributed by atoms with Crippen molar-refractivity contribution in [2.75, 3.05) is 13.2 Å². The van der Waals surface area contributed by atoms with Crippen molar-refractivity contribution in [3.8, 4) is 0 Å². The molecule has 1 rings (SSSR count). The number of rotatable bonds is 6. The van der Waals surface area contributed by atoms with Crippen LogP contribution in [0.2, 0.25) is 0 Å². The standard InChI is InChI=1S/C15H31NO/c1-5-11-16-15(12-17)9-7-13(8-10-15)14(3,4)6-2/h13,16-17H,5-12H2,1-4H3. The second-order valence-corrected chi connectivity index (χ2v) is 6.48. The molecule has 102 valence electrons. The van der Waals surface area contributed by atoms with E-state index in [1.807, 2.05) is 0 Å². The van der Waals surface area contributed by atoms with Crippen LogP contribution in [-0.4, -0.2) is 23.8 Å². The Balaban J connectivity index is 2.53. The molecule has 0 spiro atoms. The zero-order valence-electron chi connectivity index (χ0n) is 12.2. The van der Waals surface area contributed by atoms with E-state index in [4.69, 9.17) is 0 Å². The molecule has 1 aliphatic rings. The minimum atomic E-state index is 0.0241. The Labute approximate surface area is 107 Å². The van der Waals surface area contributed by atoms with Gasteiger partial charge in [0, 0.05) is 5.54 Å². The van der Waals surface area contributed by atoms with Gasteiger partial charge < -0.3 is 10.4 Å². The van der Waals surface area contributed by atoms with Gasteiger partial charge in [0.1, 0.15) is 0 Å². The van der Waals surface area contributed by atoms with Crippen molar-refractivity contribution >= 4 is 0 Å². The fourth-order valence-electron chi connectivity index (χ4n) is 3.02. The van der Waals surface area contributed by atoms with Gasteiger partial charge >= 0.3 is 0 Å². The van der Waals surface area contributed by atoms with E-state index < -0.39 is 0 Å². The maximum atomic E-state index is 9.65. The molecule has 1 saturated carbocycles. The molecule has 1 aliphatic carbocycles. The molecule has 0 radical (unpaired) electrons. The Hall–Kier alpha value is -0.0800. The van der Waals surface area contributed by atoms with E-state index in [0.717, 1.165) is 31.7 Å². The fraction of sp³-hybridized carbons (Fsp3) is 1.00. The highest BCUT2D eigenvalue weighted by molar-refractivity contribution is 4.95.